The van der Waals surface area contributed by atoms with Gasteiger partial charge in [0.15, 0.2) is 0 Å². The number of aliphatic hydroxyl groups excluding tert-OH is 1. The summed E-state index contributed by atoms with van der Waals surface area (Å²) in [7, 11) is 0. The number of fused-ring (bicyclic) bond motifs is 5. The summed E-state index contributed by atoms with van der Waals surface area (Å²) in [5, 5.41) is 24.2. The van der Waals surface area contributed by atoms with Crippen LogP contribution in [0, 0.1) is 24.2 Å². The lowest BCUT2D eigenvalue weighted by atomic mass is 9.86. The number of terminal acetylenes is 1. The molecule has 3 N–H and O–H groups in total. The van der Waals surface area contributed by atoms with Crippen molar-refractivity contribution in [1.29, 1.82) is 0 Å². The number of carboxylic acid groups (broad SMARTS) is 1. The van der Waals surface area contributed by atoms with Crippen LogP contribution >= 0.6 is 0 Å². The van der Waals surface area contributed by atoms with Gasteiger partial charge in [0.2, 0.25) is 0 Å². The van der Waals surface area contributed by atoms with Gasteiger partial charge in [-0.05, 0) is 74.1 Å². The zero-order valence-corrected chi connectivity index (χ0v) is 23.4. The summed E-state index contributed by atoms with van der Waals surface area (Å²) in [5.41, 5.74) is 13.1. The maximum atomic E-state index is 11.6. The van der Waals surface area contributed by atoms with Gasteiger partial charge in [-0.1, -0.05) is 19.8 Å². The highest BCUT2D eigenvalue weighted by atomic mass is 16.4. The molecule has 0 aromatic heterocycles. The molecule has 5 heterocycles. The first-order chi connectivity index (χ1) is 19.1. The normalized spacial score (nSPS) is 25.2. The summed E-state index contributed by atoms with van der Waals surface area (Å²) in [4.78, 5) is 26.5. The third-order valence-electron chi connectivity index (χ3n) is 8.87. The molecule has 2 atom stereocenters. The van der Waals surface area contributed by atoms with Crippen LogP contribution in [0.2, 0.25) is 0 Å². The number of carboxylic acids is 1. The highest BCUT2D eigenvalue weighted by Gasteiger charge is 2.41. The van der Waals surface area contributed by atoms with Crippen LogP contribution in [0.15, 0.2) is 106 Å². The number of aliphatic hydroxyl groups is 1. The van der Waals surface area contributed by atoms with Gasteiger partial charge in [-0.25, -0.2) is 15.0 Å². The summed E-state index contributed by atoms with van der Waals surface area (Å²) in [6.45, 7) is 10.3. The molecule has 1 fully saturated rings. The molecule has 0 radical (unpaired) electrons. The largest absolute Gasteiger partial charge is 0.511 e. The highest BCUT2D eigenvalue weighted by molar-refractivity contribution is 6.21. The number of carbonyl (C=O) groups is 1. The third-order valence-corrected chi connectivity index (χ3v) is 8.87. The SMILES string of the molecule is C#CC1=C(C)C2=NC1=CC1=NC(=CC3=C(C)C4=C(O)CC(=C5NC(=C2)[C@@H](C)[C@H]5CCC(=O)O)C4=N3)C(CC)=C1C. The summed E-state index contributed by atoms with van der Waals surface area (Å²) < 4.78 is 0. The standard InChI is InChI=1S/C33H32N4O3/c1-7-19-15(3)23-12-25-17(5)21(9-10-30(39)40)32(36-25)22-11-29(38)31-18(6)26(37-33(22)31)14-28-20(8-2)16(4)24(35-28)13-27(19)34-23/h1,12-14,17,21,36,38H,8-11H2,2-6H3,(H,39,40)/t17-,21+/m0/s1. The van der Waals surface area contributed by atoms with Crippen LogP contribution in [0.4, 0.5) is 0 Å². The van der Waals surface area contributed by atoms with Gasteiger partial charge in [-0.15, -0.1) is 6.42 Å². The van der Waals surface area contributed by atoms with Crippen LogP contribution in [0.1, 0.15) is 60.3 Å². The van der Waals surface area contributed by atoms with E-state index < -0.39 is 5.97 Å². The van der Waals surface area contributed by atoms with E-state index >= 15 is 0 Å². The number of nitrogens with one attached hydrogen (secondary N) is 1. The van der Waals surface area contributed by atoms with E-state index in [9.17, 15) is 15.0 Å². The Morgan fingerprint density at radius 2 is 1.80 bits per heavy atom. The Labute approximate surface area is 234 Å². The summed E-state index contributed by atoms with van der Waals surface area (Å²) >= 11 is 0. The van der Waals surface area contributed by atoms with Crippen molar-refractivity contribution in [2.24, 2.45) is 26.8 Å². The molecule has 6 aliphatic rings. The lowest BCUT2D eigenvalue weighted by Crippen LogP contribution is -2.15. The van der Waals surface area contributed by atoms with E-state index in [0.717, 1.165) is 85.4 Å². The van der Waals surface area contributed by atoms with Gasteiger partial charge in [0.1, 0.15) is 5.76 Å². The lowest BCUT2D eigenvalue weighted by Gasteiger charge is -2.17. The molecule has 0 amide bonds. The fourth-order valence-corrected chi connectivity index (χ4v) is 6.57. The number of allylic oxidation sites excluding steroid dienone is 12. The first-order valence-corrected chi connectivity index (χ1v) is 13.8. The van der Waals surface area contributed by atoms with Crippen LogP contribution in [0.5, 0.6) is 0 Å². The van der Waals surface area contributed by atoms with E-state index in [0.29, 0.717) is 24.3 Å². The van der Waals surface area contributed by atoms with Gasteiger partial charge in [-0.2, -0.15) is 0 Å². The zero-order chi connectivity index (χ0) is 28.5. The molecule has 6 rings (SSSR count). The number of aliphatic carboxylic acids is 1. The quantitative estimate of drug-likeness (QED) is 0.377. The zero-order valence-electron chi connectivity index (χ0n) is 23.4. The van der Waals surface area contributed by atoms with Gasteiger partial charge in [0.25, 0.3) is 0 Å². The summed E-state index contributed by atoms with van der Waals surface area (Å²) in [6.07, 6.45) is 13.7. The maximum absolute atomic E-state index is 11.6. The number of hydrogen-bond acceptors (Lipinski definition) is 6. The fourth-order valence-electron chi connectivity index (χ4n) is 6.57. The Morgan fingerprint density at radius 3 is 2.50 bits per heavy atom. The van der Waals surface area contributed by atoms with E-state index in [1.54, 1.807) is 0 Å². The molecule has 0 unspecified atom stereocenters. The third kappa shape index (κ3) is 3.82. The number of rotatable bonds is 4. The summed E-state index contributed by atoms with van der Waals surface area (Å²) in [5.74, 6) is 2.24. The lowest BCUT2D eigenvalue weighted by molar-refractivity contribution is -0.137. The molecule has 0 aromatic rings. The molecule has 40 heavy (non-hydrogen) atoms. The van der Waals surface area contributed by atoms with Crippen LogP contribution in [0.25, 0.3) is 0 Å². The van der Waals surface area contributed by atoms with E-state index in [1.807, 2.05) is 32.1 Å². The van der Waals surface area contributed by atoms with E-state index in [2.05, 4.69) is 32.0 Å². The van der Waals surface area contributed by atoms with Crippen molar-refractivity contribution < 1.29 is 15.0 Å². The fraction of sp³-hybridized carbons (Fsp3) is 0.333. The van der Waals surface area contributed by atoms with Gasteiger partial charge < -0.3 is 15.5 Å². The second-order valence-corrected chi connectivity index (χ2v) is 11.1. The molecule has 0 spiro atoms. The molecule has 0 aromatic carbocycles. The molecule has 1 aliphatic carbocycles. The molecule has 7 nitrogen and oxygen atoms in total. The number of aliphatic imine (C=N–C) groups is 3. The molecular formula is C33H32N4O3. The molecule has 5 aliphatic heterocycles. The van der Waals surface area contributed by atoms with Crippen LogP contribution in [-0.2, 0) is 4.79 Å². The van der Waals surface area contributed by atoms with Crippen molar-refractivity contribution in [3.8, 4) is 12.3 Å². The first-order valence-electron chi connectivity index (χ1n) is 13.8. The smallest absolute Gasteiger partial charge is 0.303 e. The molecule has 202 valence electrons. The molecule has 8 bridgehead atoms. The molecule has 1 saturated heterocycles. The second-order valence-electron chi connectivity index (χ2n) is 11.1. The average molecular weight is 533 g/mol. The Kier molecular flexibility index (Phi) is 6.03. The monoisotopic (exact) mass is 532 g/mol. The van der Waals surface area contributed by atoms with Crippen molar-refractivity contribution in [2.75, 3.05) is 0 Å². The van der Waals surface area contributed by atoms with Crippen molar-refractivity contribution >= 4 is 23.1 Å². The molecule has 0 saturated carbocycles. The van der Waals surface area contributed by atoms with Crippen molar-refractivity contribution in [2.45, 2.75) is 60.3 Å². The number of hydrogen-bond donors (Lipinski definition) is 3. The Hall–Kier alpha value is -4.44. The molecule has 7 heteroatoms. The predicted molar refractivity (Wildman–Crippen MR) is 158 cm³/mol. The minimum absolute atomic E-state index is 0.0110. The second kappa shape index (κ2) is 9.34. The minimum Gasteiger partial charge on any atom is -0.511 e. The van der Waals surface area contributed by atoms with Crippen molar-refractivity contribution in [1.82, 2.24) is 5.32 Å². The Bertz CT molecular complexity index is 1700. The predicted octanol–water partition coefficient (Wildman–Crippen LogP) is 6.16. The first kappa shape index (κ1) is 25.8. The van der Waals surface area contributed by atoms with E-state index in [-0.39, 0.29) is 18.3 Å². The van der Waals surface area contributed by atoms with E-state index in [4.69, 9.17) is 21.4 Å². The van der Waals surface area contributed by atoms with Gasteiger partial charge >= 0.3 is 5.97 Å². The van der Waals surface area contributed by atoms with Crippen molar-refractivity contribution in [3.63, 3.8) is 0 Å². The van der Waals surface area contributed by atoms with Gasteiger partial charge in [0.05, 0.1) is 39.8 Å². The average Bonchev–Trinajstić information content (AvgIpc) is 3.65. The summed E-state index contributed by atoms with van der Waals surface area (Å²) in [6, 6.07) is 0. The highest BCUT2D eigenvalue weighted by Crippen LogP contribution is 2.46. The Balaban J connectivity index is 1.62. The van der Waals surface area contributed by atoms with Crippen LogP contribution < -0.4 is 5.32 Å². The Morgan fingerprint density at radius 1 is 1.07 bits per heavy atom. The van der Waals surface area contributed by atoms with Crippen LogP contribution in [0.3, 0.4) is 0 Å². The minimum atomic E-state index is -0.830. The van der Waals surface area contributed by atoms with Crippen molar-refractivity contribution in [3.05, 3.63) is 91.5 Å². The molecular weight excluding hydrogens is 500 g/mol. The van der Waals surface area contributed by atoms with Gasteiger partial charge in [0, 0.05) is 47.2 Å². The van der Waals surface area contributed by atoms with Gasteiger partial charge in [-0.3, -0.25) is 4.79 Å². The van der Waals surface area contributed by atoms with E-state index in [1.165, 1.54) is 0 Å². The number of nitrogens with zero attached hydrogens (tertiary/aromatic N) is 3. The van der Waals surface area contributed by atoms with Crippen LogP contribution in [-0.4, -0.2) is 33.3 Å². The topological polar surface area (TPSA) is 107 Å². The maximum Gasteiger partial charge on any atom is 0.303 e.